The molecule has 6 nitrogen and oxygen atoms in total. The van der Waals surface area contributed by atoms with E-state index in [0.29, 0.717) is 26.7 Å². The van der Waals surface area contributed by atoms with Gasteiger partial charge in [0.25, 0.3) is 0 Å². The smallest absolute Gasteiger partial charge is 0.235 e. The van der Waals surface area contributed by atoms with Gasteiger partial charge in [-0.1, -0.05) is 48.4 Å². The van der Waals surface area contributed by atoms with Crippen LogP contribution in [-0.4, -0.2) is 30.0 Å². The van der Waals surface area contributed by atoms with Crippen LogP contribution in [0.25, 0.3) is 27.1 Å². The van der Waals surface area contributed by atoms with E-state index >= 15 is 0 Å². The number of aromatic amines is 1. The quantitative estimate of drug-likeness (QED) is 0.543. The number of hydrogen-bond acceptors (Lipinski definition) is 5. The minimum atomic E-state index is 0.544. The number of hydrogen-bond donors (Lipinski definition) is 1. The Morgan fingerprint density at radius 3 is 2.84 bits per heavy atom. The van der Waals surface area contributed by atoms with E-state index in [2.05, 4.69) is 39.3 Å². The second-order valence-electron chi connectivity index (χ2n) is 6.13. The van der Waals surface area contributed by atoms with Gasteiger partial charge in [-0.15, -0.1) is 10.2 Å². The van der Waals surface area contributed by atoms with E-state index in [1.807, 2.05) is 6.07 Å². The van der Waals surface area contributed by atoms with Crippen LogP contribution in [0.2, 0.25) is 10.0 Å². The Morgan fingerprint density at radius 1 is 1.20 bits per heavy atom. The summed E-state index contributed by atoms with van der Waals surface area (Å²) in [6.45, 7) is 4.33. The summed E-state index contributed by atoms with van der Waals surface area (Å²) in [5.41, 5.74) is 2.56. The van der Waals surface area contributed by atoms with Crippen LogP contribution in [0.3, 0.4) is 0 Å². The summed E-state index contributed by atoms with van der Waals surface area (Å²) in [5.74, 6) is 1.14. The second-order valence-corrected chi connectivity index (χ2v) is 7.93. The number of benzene rings is 1. The van der Waals surface area contributed by atoms with Crippen molar-refractivity contribution < 1.29 is 0 Å². The lowest BCUT2D eigenvalue weighted by Gasteiger charge is -2.00. The molecule has 3 aromatic heterocycles. The Hall–Kier alpha value is -1.96. The lowest BCUT2D eigenvalue weighted by atomic mass is 10.1. The van der Waals surface area contributed by atoms with Gasteiger partial charge in [0.2, 0.25) is 10.8 Å². The van der Waals surface area contributed by atoms with E-state index in [9.17, 15) is 0 Å². The molecule has 1 aromatic carbocycles. The number of H-pyrrole nitrogens is 1. The first-order valence-electron chi connectivity index (χ1n) is 7.73. The van der Waals surface area contributed by atoms with Crippen molar-refractivity contribution in [2.24, 2.45) is 5.92 Å². The van der Waals surface area contributed by atoms with Gasteiger partial charge in [0.15, 0.2) is 0 Å². The van der Waals surface area contributed by atoms with Crippen LogP contribution < -0.4 is 0 Å². The highest BCUT2D eigenvalue weighted by molar-refractivity contribution is 7.19. The molecule has 0 aliphatic heterocycles. The topological polar surface area (TPSA) is 71.8 Å². The van der Waals surface area contributed by atoms with E-state index in [1.54, 1.807) is 22.7 Å². The van der Waals surface area contributed by atoms with Crippen LogP contribution >= 0.6 is 34.5 Å². The minimum absolute atomic E-state index is 0.544. The van der Waals surface area contributed by atoms with Crippen molar-refractivity contribution in [2.45, 2.75) is 20.3 Å². The molecule has 0 fully saturated rings. The molecule has 0 spiro atoms. The SMILES string of the molecule is CC(C)Cc1cc(-c2nnc3sc(-c4cc(Cl)ccc4Cl)nn23)n[nH]1. The predicted molar refractivity (Wildman–Crippen MR) is 100 cm³/mol. The van der Waals surface area contributed by atoms with Crippen molar-refractivity contribution >= 4 is 39.5 Å². The predicted octanol–water partition coefficient (Wildman–Crippen LogP) is 4.75. The molecule has 0 saturated heterocycles. The largest absolute Gasteiger partial charge is 0.282 e. The molecule has 0 radical (unpaired) electrons. The van der Waals surface area contributed by atoms with Crippen LogP contribution in [0.4, 0.5) is 0 Å². The molecule has 0 aliphatic carbocycles. The van der Waals surface area contributed by atoms with Gasteiger partial charge < -0.3 is 0 Å². The summed E-state index contributed by atoms with van der Waals surface area (Å²) in [7, 11) is 0. The molecule has 0 saturated carbocycles. The maximum absolute atomic E-state index is 6.28. The Labute approximate surface area is 157 Å². The normalized spacial score (nSPS) is 11.7. The number of fused-ring (bicyclic) bond motifs is 1. The van der Waals surface area contributed by atoms with Gasteiger partial charge in [-0.05, 0) is 36.6 Å². The number of aromatic nitrogens is 6. The Bertz CT molecular complexity index is 1050. The molecular weight excluding hydrogens is 379 g/mol. The van der Waals surface area contributed by atoms with Gasteiger partial charge in [-0.2, -0.15) is 14.7 Å². The molecule has 0 atom stereocenters. The lowest BCUT2D eigenvalue weighted by molar-refractivity contribution is 0.633. The maximum atomic E-state index is 6.28. The number of nitrogens with zero attached hydrogens (tertiary/aromatic N) is 5. The third-order valence-electron chi connectivity index (χ3n) is 3.64. The number of rotatable bonds is 4. The minimum Gasteiger partial charge on any atom is -0.282 e. The molecular formula is C16H14Cl2N6S. The molecule has 0 amide bonds. The average Bonchev–Trinajstić information content (AvgIpc) is 3.24. The molecule has 9 heteroatoms. The Morgan fingerprint density at radius 2 is 2.04 bits per heavy atom. The first-order valence-corrected chi connectivity index (χ1v) is 9.31. The highest BCUT2D eigenvalue weighted by atomic mass is 35.5. The van der Waals surface area contributed by atoms with Crippen molar-refractivity contribution in [1.29, 1.82) is 0 Å². The standard InChI is InChI=1S/C16H14Cl2N6S/c1-8(2)5-10-7-13(20-19-10)14-21-22-16-24(14)23-15(25-16)11-6-9(17)3-4-12(11)18/h3-4,6-8H,5H2,1-2H3,(H,19,20). The molecule has 4 aromatic rings. The van der Waals surface area contributed by atoms with E-state index in [4.69, 9.17) is 23.2 Å². The zero-order valence-electron chi connectivity index (χ0n) is 13.5. The van der Waals surface area contributed by atoms with Crippen LogP contribution in [0.15, 0.2) is 24.3 Å². The first-order chi connectivity index (χ1) is 12.0. The van der Waals surface area contributed by atoms with Gasteiger partial charge in [-0.25, -0.2) is 0 Å². The molecule has 0 bridgehead atoms. The fourth-order valence-electron chi connectivity index (χ4n) is 2.57. The molecule has 128 valence electrons. The van der Waals surface area contributed by atoms with Crippen molar-refractivity contribution in [2.75, 3.05) is 0 Å². The number of halogens is 2. The van der Waals surface area contributed by atoms with E-state index in [1.165, 1.54) is 11.3 Å². The van der Waals surface area contributed by atoms with Gasteiger partial charge in [0.05, 0.1) is 5.02 Å². The van der Waals surface area contributed by atoms with Crippen molar-refractivity contribution in [1.82, 2.24) is 30.0 Å². The van der Waals surface area contributed by atoms with E-state index in [-0.39, 0.29) is 0 Å². The average molecular weight is 393 g/mol. The summed E-state index contributed by atoms with van der Waals surface area (Å²) in [4.78, 5) is 0.675. The van der Waals surface area contributed by atoms with Gasteiger partial charge in [0, 0.05) is 16.3 Å². The molecule has 1 N–H and O–H groups in total. The summed E-state index contributed by atoms with van der Waals surface area (Å²) in [6, 6.07) is 7.29. The van der Waals surface area contributed by atoms with Crippen LogP contribution in [0.1, 0.15) is 19.5 Å². The summed E-state index contributed by atoms with van der Waals surface area (Å²) in [6.07, 6.45) is 0.926. The van der Waals surface area contributed by atoms with Crippen LogP contribution in [0.5, 0.6) is 0 Å². The highest BCUT2D eigenvalue weighted by Gasteiger charge is 2.18. The first kappa shape index (κ1) is 16.5. The van der Waals surface area contributed by atoms with Gasteiger partial charge in [0.1, 0.15) is 10.7 Å². The monoisotopic (exact) mass is 392 g/mol. The van der Waals surface area contributed by atoms with Gasteiger partial charge in [-0.3, -0.25) is 5.10 Å². The maximum Gasteiger partial charge on any atom is 0.235 e. The molecule has 0 unspecified atom stereocenters. The molecule has 25 heavy (non-hydrogen) atoms. The molecule has 4 rings (SSSR count). The lowest BCUT2D eigenvalue weighted by Crippen LogP contribution is -1.93. The van der Waals surface area contributed by atoms with Crippen molar-refractivity contribution in [3.8, 4) is 22.1 Å². The summed E-state index contributed by atoms with van der Waals surface area (Å²) >= 11 is 13.8. The van der Waals surface area contributed by atoms with E-state index in [0.717, 1.165) is 28.4 Å². The fourth-order valence-corrected chi connectivity index (χ4v) is 3.87. The fraction of sp³-hybridized carbons (Fsp3) is 0.250. The Balaban J connectivity index is 1.76. The van der Waals surface area contributed by atoms with Crippen molar-refractivity contribution in [3.63, 3.8) is 0 Å². The van der Waals surface area contributed by atoms with Crippen LogP contribution in [-0.2, 0) is 6.42 Å². The third-order valence-corrected chi connectivity index (χ3v) is 5.13. The molecule has 3 heterocycles. The zero-order chi connectivity index (χ0) is 17.6. The molecule has 0 aliphatic rings. The van der Waals surface area contributed by atoms with Crippen molar-refractivity contribution in [3.05, 3.63) is 40.0 Å². The van der Waals surface area contributed by atoms with Gasteiger partial charge >= 0.3 is 0 Å². The summed E-state index contributed by atoms with van der Waals surface area (Å²) < 4.78 is 1.69. The Kier molecular flexibility index (Phi) is 4.23. The highest BCUT2D eigenvalue weighted by Crippen LogP contribution is 2.34. The van der Waals surface area contributed by atoms with E-state index < -0.39 is 0 Å². The van der Waals surface area contributed by atoms with Crippen LogP contribution in [0, 0.1) is 5.92 Å². The third kappa shape index (κ3) is 3.15. The second kappa shape index (κ2) is 6.40. The summed E-state index contributed by atoms with van der Waals surface area (Å²) in [5, 5.41) is 22.3. The number of nitrogens with one attached hydrogen (secondary N) is 1. The zero-order valence-corrected chi connectivity index (χ0v) is 15.8.